The van der Waals surface area contributed by atoms with Crippen molar-refractivity contribution in [2.75, 3.05) is 0 Å². The molecule has 0 radical (unpaired) electrons. The molecule has 1 N–H and O–H groups in total. The standard InChI is InChI=1S/C8H7NO3/c1-9-4-2-3-6(5-10)7(9)8(11)12/h2-5H,1H3/p+1. The van der Waals surface area contributed by atoms with E-state index in [2.05, 4.69) is 0 Å². The van der Waals surface area contributed by atoms with Crippen molar-refractivity contribution in [1.82, 2.24) is 0 Å². The fourth-order valence-corrected chi connectivity index (χ4v) is 1.00. The maximum atomic E-state index is 10.6. The third-order valence-electron chi connectivity index (χ3n) is 1.54. The van der Waals surface area contributed by atoms with Gasteiger partial charge in [0.25, 0.3) is 0 Å². The molecule has 0 unspecified atom stereocenters. The van der Waals surface area contributed by atoms with Crippen molar-refractivity contribution in [3.63, 3.8) is 0 Å². The number of aldehydes is 1. The zero-order valence-electron chi connectivity index (χ0n) is 6.52. The number of hydrogen-bond acceptors (Lipinski definition) is 2. The molecule has 0 aliphatic heterocycles. The maximum Gasteiger partial charge on any atom is 0.402 e. The number of carbonyl (C=O) groups excluding carboxylic acids is 1. The molecule has 0 aromatic carbocycles. The van der Waals surface area contributed by atoms with Crippen molar-refractivity contribution < 1.29 is 19.3 Å². The highest BCUT2D eigenvalue weighted by molar-refractivity contribution is 5.93. The van der Waals surface area contributed by atoms with Gasteiger partial charge in [-0.15, -0.1) is 0 Å². The lowest BCUT2D eigenvalue weighted by atomic mass is 10.2. The average molecular weight is 166 g/mol. The largest absolute Gasteiger partial charge is 0.473 e. The van der Waals surface area contributed by atoms with Gasteiger partial charge >= 0.3 is 11.7 Å². The molecule has 0 atom stereocenters. The number of aryl methyl sites for hydroxylation is 1. The molecule has 0 aliphatic carbocycles. The third-order valence-corrected chi connectivity index (χ3v) is 1.54. The monoisotopic (exact) mass is 166 g/mol. The molecule has 0 saturated carbocycles. The number of hydrogen-bond donors (Lipinski definition) is 1. The van der Waals surface area contributed by atoms with E-state index in [1.54, 1.807) is 19.3 Å². The Hall–Kier alpha value is -1.71. The van der Waals surface area contributed by atoms with Gasteiger partial charge in [-0.2, -0.15) is 4.57 Å². The number of carbonyl (C=O) groups is 2. The second kappa shape index (κ2) is 3.13. The van der Waals surface area contributed by atoms with E-state index in [9.17, 15) is 9.59 Å². The molecule has 4 heteroatoms. The molecule has 1 aromatic heterocycles. The van der Waals surface area contributed by atoms with Crippen molar-refractivity contribution in [1.29, 1.82) is 0 Å². The summed E-state index contributed by atoms with van der Waals surface area (Å²) in [7, 11) is 1.58. The van der Waals surface area contributed by atoms with Gasteiger partial charge in [-0.25, -0.2) is 4.79 Å². The van der Waals surface area contributed by atoms with Crippen molar-refractivity contribution in [2.24, 2.45) is 7.05 Å². The minimum Gasteiger partial charge on any atom is -0.473 e. The van der Waals surface area contributed by atoms with E-state index < -0.39 is 5.97 Å². The molecule has 1 aromatic rings. The van der Waals surface area contributed by atoms with Gasteiger partial charge in [0.15, 0.2) is 12.5 Å². The van der Waals surface area contributed by atoms with Crippen LogP contribution in [-0.4, -0.2) is 17.4 Å². The summed E-state index contributed by atoms with van der Waals surface area (Å²) in [5, 5.41) is 8.70. The van der Waals surface area contributed by atoms with E-state index >= 15 is 0 Å². The molecule has 12 heavy (non-hydrogen) atoms. The Bertz CT molecular complexity index is 333. The molecule has 1 rings (SSSR count). The lowest BCUT2D eigenvalue weighted by Gasteiger charge is -1.95. The zero-order valence-corrected chi connectivity index (χ0v) is 6.52. The molecule has 1 heterocycles. The molecular weight excluding hydrogens is 158 g/mol. The summed E-state index contributed by atoms with van der Waals surface area (Å²) < 4.78 is 1.39. The van der Waals surface area contributed by atoms with E-state index in [4.69, 9.17) is 5.11 Å². The van der Waals surface area contributed by atoms with Gasteiger partial charge in [-0.05, 0) is 6.07 Å². The van der Waals surface area contributed by atoms with Crippen molar-refractivity contribution >= 4 is 12.3 Å². The molecule has 4 nitrogen and oxygen atoms in total. The van der Waals surface area contributed by atoms with E-state index in [0.29, 0.717) is 6.29 Å². The molecule has 0 amide bonds. The summed E-state index contributed by atoms with van der Waals surface area (Å²) >= 11 is 0. The van der Waals surface area contributed by atoms with Crippen LogP contribution in [-0.2, 0) is 7.05 Å². The Morgan fingerprint density at radius 2 is 2.33 bits per heavy atom. The van der Waals surface area contributed by atoms with E-state index in [-0.39, 0.29) is 11.3 Å². The number of aromatic nitrogens is 1. The van der Waals surface area contributed by atoms with Crippen LogP contribution >= 0.6 is 0 Å². The Kier molecular flexibility index (Phi) is 2.19. The van der Waals surface area contributed by atoms with Crippen LogP contribution in [0, 0.1) is 0 Å². The first kappa shape index (κ1) is 8.39. The second-order valence-electron chi connectivity index (χ2n) is 2.35. The van der Waals surface area contributed by atoms with Crippen LogP contribution in [0.5, 0.6) is 0 Å². The van der Waals surface area contributed by atoms with E-state index in [1.807, 2.05) is 0 Å². The second-order valence-corrected chi connectivity index (χ2v) is 2.35. The van der Waals surface area contributed by atoms with Gasteiger partial charge in [0, 0.05) is 6.07 Å². The molecule has 62 valence electrons. The maximum absolute atomic E-state index is 10.6. The number of carboxylic acid groups (broad SMARTS) is 1. The van der Waals surface area contributed by atoms with Gasteiger partial charge in [0.05, 0.1) is 5.56 Å². The van der Waals surface area contributed by atoms with Gasteiger partial charge in [-0.1, -0.05) is 0 Å². The summed E-state index contributed by atoms with van der Waals surface area (Å²) in [6.07, 6.45) is 2.11. The van der Waals surface area contributed by atoms with Crippen LogP contribution < -0.4 is 4.57 Å². The fourth-order valence-electron chi connectivity index (χ4n) is 1.00. The summed E-state index contributed by atoms with van der Waals surface area (Å²) in [5.74, 6) is -1.10. The molecule has 0 bridgehead atoms. The highest BCUT2D eigenvalue weighted by Gasteiger charge is 2.19. The van der Waals surface area contributed by atoms with Gasteiger partial charge in [-0.3, -0.25) is 4.79 Å². The van der Waals surface area contributed by atoms with Crippen LogP contribution in [0.2, 0.25) is 0 Å². The summed E-state index contributed by atoms with van der Waals surface area (Å²) in [6, 6.07) is 3.09. The Labute approximate surface area is 69.1 Å². The summed E-state index contributed by atoms with van der Waals surface area (Å²) in [4.78, 5) is 21.0. The molecular formula is C8H8NO3+. The number of nitrogens with zero attached hydrogens (tertiary/aromatic N) is 1. The average Bonchev–Trinajstić information content (AvgIpc) is 2.03. The van der Waals surface area contributed by atoms with Gasteiger partial charge in [0.1, 0.15) is 7.05 Å². The lowest BCUT2D eigenvalue weighted by Crippen LogP contribution is -2.37. The first-order chi connectivity index (χ1) is 5.66. The number of aromatic carboxylic acids is 1. The highest BCUT2D eigenvalue weighted by atomic mass is 16.4. The molecule has 0 saturated heterocycles. The van der Waals surface area contributed by atoms with Crippen LogP contribution in [0.4, 0.5) is 0 Å². The normalized spacial score (nSPS) is 9.42. The minimum atomic E-state index is -1.10. The van der Waals surface area contributed by atoms with Crippen LogP contribution in [0.3, 0.4) is 0 Å². The van der Waals surface area contributed by atoms with Crippen LogP contribution in [0.25, 0.3) is 0 Å². The van der Waals surface area contributed by atoms with Crippen LogP contribution in [0.15, 0.2) is 18.3 Å². The van der Waals surface area contributed by atoms with Crippen molar-refractivity contribution in [3.05, 3.63) is 29.6 Å². The zero-order chi connectivity index (χ0) is 9.14. The quantitative estimate of drug-likeness (QED) is 0.497. The Morgan fingerprint density at radius 3 is 2.75 bits per heavy atom. The van der Waals surface area contributed by atoms with Gasteiger partial charge in [0.2, 0.25) is 0 Å². The highest BCUT2D eigenvalue weighted by Crippen LogP contribution is 1.98. The molecule has 0 aliphatic rings. The lowest BCUT2D eigenvalue weighted by molar-refractivity contribution is -0.674. The van der Waals surface area contributed by atoms with E-state index in [1.165, 1.54) is 10.6 Å². The number of carboxylic acids is 1. The Balaban J connectivity index is 3.39. The topological polar surface area (TPSA) is 58.2 Å². The number of rotatable bonds is 2. The molecule has 0 spiro atoms. The van der Waals surface area contributed by atoms with Crippen LogP contribution in [0.1, 0.15) is 20.8 Å². The first-order valence-corrected chi connectivity index (χ1v) is 3.34. The molecule has 0 fully saturated rings. The minimum absolute atomic E-state index is 0.00694. The SMILES string of the molecule is C[n+]1cccc(C=O)c1C(=O)O. The first-order valence-electron chi connectivity index (χ1n) is 3.34. The summed E-state index contributed by atoms with van der Waals surface area (Å²) in [5.41, 5.74) is 0.194. The van der Waals surface area contributed by atoms with Crippen molar-refractivity contribution in [3.8, 4) is 0 Å². The summed E-state index contributed by atoms with van der Waals surface area (Å²) in [6.45, 7) is 0. The predicted molar refractivity (Wildman–Crippen MR) is 40.0 cm³/mol. The smallest absolute Gasteiger partial charge is 0.402 e. The van der Waals surface area contributed by atoms with Crippen molar-refractivity contribution in [2.45, 2.75) is 0 Å². The van der Waals surface area contributed by atoms with Gasteiger partial charge < -0.3 is 5.11 Å². The van der Waals surface area contributed by atoms with E-state index in [0.717, 1.165) is 0 Å². The Morgan fingerprint density at radius 1 is 1.67 bits per heavy atom. The fraction of sp³-hybridized carbons (Fsp3) is 0.125. The number of pyridine rings is 1. The predicted octanol–water partition coefficient (Wildman–Crippen LogP) is 0.0218. The third kappa shape index (κ3) is 1.32.